The smallest absolute Gasteiger partial charge is 0.0474 e. The maximum absolute atomic E-state index is 4.99. The van der Waals surface area contributed by atoms with Gasteiger partial charge in [0, 0.05) is 32.8 Å². The third kappa shape index (κ3) is 4.94. The van der Waals surface area contributed by atoms with Gasteiger partial charge in [-0.15, -0.1) is 0 Å². The third-order valence-electron chi connectivity index (χ3n) is 2.75. The largest absolute Gasteiger partial charge is 0.385 e. The van der Waals surface area contributed by atoms with Gasteiger partial charge in [-0.05, 0) is 32.4 Å². The Kier molecular flexibility index (Phi) is 6.15. The first kappa shape index (κ1) is 12.0. The zero-order valence-corrected chi connectivity index (χ0v) is 9.59. The van der Waals surface area contributed by atoms with Gasteiger partial charge in [0.25, 0.3) is 0 Å². The summed E-state index contributed by atoms with van der Waals surface area (Å²) in [5, 5.41) is 3.45. The highest BCUT2D eigenvalue weighted by atomic mass is 16.5. The molecular weight excluding hydrogens is 176 g/mol. The molecule has 1 aliphatic carbocycles. The summed E-state index contributed by atoms with van der Waals surface area (Å²) in [6, 6.07) is 0.903. The predicted octanol–water partition coefficient (Wildman–Crippen LogP) is 1.10. The minimum Gasteiger partial charge on any atom is -0.385 e. The molecule has 0 saturated heterocycles. The summed E-state index contributed by atoms with van der Waals surface area (Å²) in [5.74, 6) is 0. The SMILES string of the molecule is CCN(CCNCCCOC)C1CC1. The average molecular weight is 200 g/mol. The molecule has 1 fully saturated rings. The first-order valence-electron chi connectivity index (χ1n) is 5.82. The van der Waals surface area contributed by atoms with Crippen molar-refractivity contribution in [1.82, 2.24) is 10.2 Å². The van der Waals surface area contributed by atoms with Gasteiger partial charge in [-0.2, -0.15) is 0 Å². The van der Waals surface area contributed by atoms with Crippen molar-refractivity contribution in [2.24, 2.45) is 0 Å². The molecule has 84 valence electrons. The molecule has 0 spiro atoms. The molecule has 0 bridgehead atoms. The van der Waals surface area contributed by atoms with E-state index in [0.29, 0.717) is 0 Å². The Morgan fingerprint density at radius 2 is 2.14 bits per heavy atom. The lowest BCUT2D eigenvalue weighted by Crippen LogP contribution is -2.34. The summed E-state index contributed by atoms with van der Waals surface area (Å²) < 4.78 is 4.99. The van der Waals surface area contributed by atoms with E-state index in [1.54, 1.807) is 7.11 Å². The third-order valence-corrected chi connectivity index (χ3v) is 2.75. The second-order valence-corrected chi connectivity index (χ2v) is 3.96. The van der Waals surface area contributed by atoms with Crippen LogP contribution in [0, 0.1) is 0 Å². The zero-order valence-electron chi connectivity index (χ0n) is 9.59. The van der Waals surface area contributed by atoms with Gasteiger partial charge >= 0.3 is 0 Å². The van der Waals surface area contributed by atoms with Crippen LogP contribution in [0.4, 0.5) is 0 Å². The second kappa shape index (κ2) is 7.21. The summed E-state index contributed by atoms with van der Waals surface area (Å²) in [4.78, 5) is 2.57. The first-order chi connectivity index (χ1) is 6.88. The molecule has 0 unspecified atom stereocenters. The Hall–Kier alpha value is -0.120. The van der Waals surface area contributed by atoms with Crippen LogP contribution in [-0.4, -0.2) is 50.8 Å². The standard InChI is InChI=1S/C11H24N2O/c1-3-13(11-5-6-11)9-8-12-7-4-10-14-2/h11-12H,3-10H2,1-2H3. The second-order valence-electron chi connectivity index (χ2n) is 3.96. The lowest BCUT2D eigenvalue weighted by atomic mass is 10.4. The molecule has 1 rings (SSSR count). The topological polar surface area (TPSA) is 24.5 Å². The molecule has 0 aromatic rings. The molecule has 3 heteroatoms. The van der Waals surface area contributed by atoms with E-state index >= 15 is 0 Å². The Bertz CT molecular complexity index is 137. The molecule has 0 heterocycles. The van der Waals surface area contributed by atoms with Gasteiger partial charge < -0.3 is 10.1 Å². The van der Waals surface area contributed by atoms with E-state index in [-0.39, 0.29) is 0 Å². The van der Waals surface area contributed by atoms with Crippen LogP contribution in [0.3, 0.4) is 0 Å². The molecule has 0 atom stereocenters. The van der Waals surface area contributed by atoms with E-state index < -0.39 is 0 Å². The lowest BCUT2D eigenvalue weighted by molar-refractivity contribution is 0.193. The summed E-state index contributed by atoms with van der Waals surface area (Å²) in [7, 11) is 1.76. The molecule has 3 nitrogen and oxygen atoms in total. The van der Waals surface area contributed by atoms with E-state index in [4.69, 9.17) is 4.74 Å². The average Bonchev–Trinajstić information content (AvgIpc) is 3.01. The highest BCUT2D eigenvalue weighted by molar-refractivity contribution is 4.83. The maximum Gasteiger partial charge on any atom is 0.0474 e. The minimum atomic E-state index is 0.868. The summed E-state index contributed by atoms with van der Waals surface area (Å²) >= 11 is 0. The van der Waals surface area contributed by atoms with Crippen LogP contribution in [0.5, 0.6) is 0 Å². The van der Waals surface area contributed by atoms with Crippen LogP contribution in [0.15, 0.2) is 0 Å². The van der Waals surface area contributed by atoms with Gasteiger partial charge in [0.1, 0.15) is 0 Å². The number of nitrogens with zero attached hydrogens (tertiary/aromatic N) is 1. The quantitative estimate of drug-likeness (QED) is 0.564. The zero-order chi connectivity index (χ0) is 10.2. The molecule has 14 heavy (non-hydrogen) atoms. The van der Waals surface area contributed by atoms with Gasteiger partial charge in [-0.1, -0.05) is 6.92 Å². The van der Waals surface area contributed by atoms with Crippen molar-refractivity contribution < 1.29 is 4.74 Å². The number of nitrogens with one attached hydrogen (secondary N) is 1. The molecule has 1 N–H and O–H groups in total. The van der Waals surface area contributed by atoms with Crippen LogP contribution in [-0.2, 0) is 4.74 Å². The van der Waals surface area contributed by atoms with Gasteiger partial charge in [-0.3, -0.25) is 4.90 Å². The fraction of sp³-hybridized carbons (Fsp3) is 1.00. The number of ether oxygens (including phenoxy) is 1. The van der Waals surface area contributed by atoms with Gasteiger partial charge in [-0.25, -0.2) is 0 Å². The van der Waals surface area contributed by atoms with Crippen molar-refractivity contribution in [2.75, 3.05) is 39.9 Å². The van der Waals surface area contributed by atoms with Crippen molar-refractivity contribution in [3.63, 3.8) is 0 Å². The van der Waals surface area contributed by atoms with Crippen molar-refractivity contribution in [1.29, 1.82) is 0 Å². The number of hydrogen-bond donors (Lipinski definition) is 1. The molecule has 0 aliphatic heterocycles. The molecular formula is C11H24N2O. The number of likely N-dealkylation sites (N-methyl/N-ethyl adjacent to an activating group) is 1. The Balaban J connectivity index is 1.86. The molecule has 0 aromatic carbocycles. The van der Waals surface area contributed by atoms with E-state index in [0.717, 1.165) is 32.2 Å². The highest BCUT2D eigenvalue weighted by Gasteiger charge is 2.26. The Labute approximate surface area is 87.8 Å². The predicted molar refractivity (Wildman–Crippen MR) is 59.6 cm³/mol. The van der Waals surface area contributed by atoms with Gasteiger partial charge in [0.2, 0.25) is 0 Å². The Morgan fingerprint density at radius 3 is 2.71 bits per heavy atom. The summed E-state index contributed by atoms with van der Waals surface area (Å²) in [5.41, 5.74) is 0. The van der Waals surface area contributed by atoms with E-state index in [1.165, 1.54) is 25.9 Å². The number of hydrogen-bond acceptors (Lipinski definition) is 3. The van der Waals surface area contributed by atoms with E-state index in [2.05, 4.69) is 17.1 Å². The van der Waals surface area contributed by atoms with Crippen LogP contribution in [0.1, 0.15) is 26.2 Å². The van der Waals surface area contributed by atoms with E-state index in [1.807, 2.05) is 0 Å². The molecule has 1 aliphatic rings. The van der Waals surface area contributed by atoms with Crippen molar-refractivity contribution >= 4 is 0 Å². The van der Waals surface area contributed by atoms with E-state index in [9.17, 15) is 0 Å². The van der Waals surface area contributed by atoms with Gasteiger partial charge in [0.05, 0.1) is 0 Å². The molecule has 0 aromatic heterocycles. The summed E-state index contributed by atoms with van der Waals surface area (Å²) in [6.45, 7) is 7.72. The van der Waals surface area contributed by atoms with Crippen LogP contribution in [0.25, 0.3) is 0 Å². The molecule has 1 saturated carbocycles. The van der Waals surface area contributed by atoms with Crippen LogP contribution >= 0.6 is 0 Å². The van der Waals surface area contributed by atoms with Crippen LogP contribution in [0.2, 0.25) is 0 Å². The first-order valence-corrected chi connectivity index (χ1v) is 5.82. The van der Waals surface area contributed by atoms with Crippen LogP contribution < -0.4 is 5.32 Å². The number of rotatable bonds is 9. The summed E-state index contributed by atoms with van der Waals surface area (Å²) in [6.07, 6.45) is 3.95. The van der Waals surface area contributed by atoms with Crippen molar-refractivity contribution in [2.45, 2.75) is 32.2 Å². The van der Waals surface area contributed by atoms with Crippen molar-refractivity contribution in [3.05, 3.63) is 0 Å². The highest BCUT2D eigenvalue weighted by Crippen LogP contribution is 2.25. The fourth-order valence-corrected chi connectivity index (χ4v) is 1.73. The van der Waals surface area contributed by atoms with Gasteiger partial charge in [0.15, 0.2) is 0 Å². The van der Waals surface area contributed by atoms with Crippen molar-refractivity contribution in [3.8, 4) is 0 Å². The monoisotopic (exact) mass is 200 g/mol. The number of methoxy groups -OCH3 is 1. The lowest BCUT2D eigenvalue weighted by Gasteiger charge is -2.19. The molecule has 0 amide bonds. The molecule has 0 radical (unpaired) electrons. The maximum atomic E-state index is 4.99. The Morgan fingerprint density at radius 1 is 1.36 bits per heavy atom. The minimum absolute atomic E-state index is 0.868. The fourth-order valence-electron chi connectivity index (χ4n) is 1.73. The normalized spacial score (nSPS) is 16.5.